The lowest BCUT2D eigenvalue weighted by Gasteiger charge is -2.45. The fraction of sp³-hybridized carbons (Fsp3) is 0.462. The fourth-order valence-corrected chi connectivity index (χ4v) is 2.25. The molecule has 4 nitrogen and oxygen atoms in total. The van der Waals surface area contributed by atoms with Gasteiger partial charge in [-0.05, 0) is 24.6 Å². The van der Waals surface area contributed by atoms with Gasteiger partial charge in [0, 0.05) is 25.6 Å². The summed E-state index contributed by atoms with van der Waals surface area (Å²) in [5.74, 6) is -0.313. The van der Waals surface area contributed by atoms with Crippen molar-refractivity contribution in [1.29, 1.82) is 0 Å². The second-order valence-corrected chi connectivity index (χ2v) is 4.71. The van der Waals surface area contributed by atoms with Gasteiger partial charge in [-0.15, -0.1) is 0 Å². The first-order valence-corrected chi connectivity index (χ1v) is 5.73. The van der Waals surface area contributed by atoms with Crippen molar-refractivity contribution >= 4 is 11.6 Å². The van der Waals surface area contributed by atoms with Gasteiger partial charge in [-0.2, -0.15) is 0 Å². The summed E-state index contributed by atoms with van der Waals surface area (Å²) in [6.45, 7) is 2.01. The number of methoxy groups -OCH3 is 1. The van der Waals surface area contributed by atoms with Crippen molar-refractivity contribution in [3.05, 3.63) is 29.8 Å². The van der Waals surface area contributed by atoms with Crippen molar-refractivity contribution in [3.8, 4) is 0 Å². The van der Waals surface area contributed by atoms with E-state index in [0.29, 0.717) is 12.8 Å². The molecule has 0 heterocycles. The van der Waals surface area contributed by atoms with Crippen molar-refractivity contribution in [1.82, 2.24) is 0 Å². The van der Waals surface area contributed by atoms with Gasteiger partial charge in [0.2, 0.25) is 5.91 Å². The van der Waals surface area contributed by atoms with Gasteiger partial charge in [-0.3, -0.25) is 4.79 Å². The highest BCUT2D eigenvalue weighted by Gasteiger charge is 2.49. The molecule has 0 spiro atoms. The van der Waals surface area contributed by atoms with Crippen LogP contribution in [-0.4, -0.2) is 24.7 Å². The molecule has 1 fully saturated rings. The summed E-state index contributed by atoms with van der Waals surface area (Å²) < 4.78 is 5.21. The molecule has 0 aromatic heterocycles. The molecule has 1 saturated carbocycles. The maximum atomic E-state index is 11.6. The predicted molar refractivity (Wildman–Crippen MR) is 66.8 cm³/mol. The Labute approximate surface area is 101 Å². The number of nitrogens with two attached hydrogens (primary N) is 1. The molecule has 1 amide bonds. The third kappa shape index (κ3) is 2.26. The molecule has 92 valence electrons. The van der Waals surface area contributed by atoms with Crippen LogP contribution >= 0.6 is 0 Å². The van der Waals surface area contributed by atoms with Crippen molar-refractivity contribution in [2.24, 2.45) is 5.73 Å². The van der Waals surface area contributed by atoms with Gasteiger partial charge < -0.3 is 15.8 Å². The molecule has 1 aromatic rings. The Morgan fingerprint density at radius 2 is 2.24 bits per heavy atom. The van der Waals surface area contributed by atoms with Gasteiger partial charge in [0.1, 0.15) is 5.54 Å². The zero-order valence-corrected chi connectivity index (χ0v) is 10.2. The van der Waals surface area contributed by atoms with Crippen LogP contribution in [0.4, 0.5) is 5.69 Å². The molecule has 1 aromatic carbocycles. The Balaban J connectivity index is 2.12. The predicted octanol–water partition coefficient (Wildman–Crippen LogP) is 1.44. The van der Waals surface area contributed by atoms with E-state index in [0.717, 1.165) is 11.3 Å². The number of benzene rings is 1. The van der Waals surface area contributed by atoms with Crippen LogP contribution in [0.5, 0.6) is 0 Å². The molecule has 1 aliphatic carbocycles. The van der Waals surface area contributed by atoms with Gasteiger partial charge in [0.25, 0.3) is 0 Å². The average molecular weight is 234 g/mol. The Morgan fingerprint density at radius 3 is 2.76 bits per heavy atom. The molecular weight excluding hydrogens is 216 g/mol. The third-order valence-corrected chi connectivity index (χ3v) is 3.36. The lowest BCUT2D eigenvalue weighted by Crippen LogP contribution is -2.61. The summed E-state index contributed by atoms with van der Waals surface area (Å²) in [6, 6.07) is 7.92. The minimum absolute atomic E-state index is 0.125. The molecule has 3 N–H and O–H groups in total. The number of aryl methyl sites for hydroxylation is 1. The fourth-order valence-electron chi connectivity index (χ4n) is 2.25. The Hall–Kier alpha value is -1.55. The van der Waals surface area contributed by atoms with Crippen LogP contribution in [0, 0.1) is 6.92 Å². The first-order valence-electron chi connectivity index (χ1n) is 5.73. The van der Waals surface area contributed by atoms with Crippen LogP contribution in [0.3, 0.4) is 0 Å². The number of anilines is 1. The van der Waals surface area contributed by atoms with Crippen LogP contribution in [0.2, 0.25) is 0 Å². The van der Waals surface area contributed by atoms with Crippen molar-refractivity contribution in [2.45, 2.75) is 31.4 Å². The number of hydrogen-bond donors (Lipinski definition) is 2. The van der Waals surface area contributed by atoms with E-state index in [1.807, 2.05) is 31.2 Å². The number of ether oxygens (including phenoxy) is 1. The number of carbonyl (C=O) groups excluding carboxylic acids is 1. The minimum Gasteiger partial charge on any atom is -0.381 e. The number of hydrogen-bond acceptors (Lipinski definition) is 3. The summed E-state index contributed by atoms with van der Waals surface area (Å²) in [6.07, 6.45) is 1.39. The summed E-state index contributed by atoms with van der Waals surface area (Å²) in [4.78, 5) is 11.6. The summed E-state index contributed by atoms with van der Waals surface area (Å²) in [5, 5.41) is 3.24. The molecular formula is C13H18N2O2. The monoisotopic (exact) mass is 234 g/mol. The SMILES string of the molecule is COC1CC(Nc2cccc(C)c2)(C(N)=O)C1. The average Bonchev–Trinajstić information content (AvgIpc) is 2.22. The summed E-state index contributed by atoms with van der Waals surface area (Å²) >= 11 is 0. The van der Waals surface area contributed by atoms with Gasteiger partial charge in [-0.1, -0.05) is 12.1 Å². The number of primary amides is 1. The van der Waals surface area contributed by atoms with E-state index in [1.165, 1.54) is 0 Å². The molecule has 0 bridgehead atoms. The summed E-state index contributed by atoms with van der Waals surface area (Å²) in [7, 11) is 1.66. The number of carbonyl (C=O) groups is 1. The highest BCUT2D eigenvalue weighted by Crippen LogP contribution is 2.37. The molecule has 0 saturated heterocycles. The molecule has 17 heavy (non-hydrogen) atoms. The van der Waals surface area contributed by atoms with Crippen molar-refractivity contribution in [3.63, 3.8) is 0 Å². The van der Waals surface area contributed by atoms with Gasteiger partial charge in [-0.25, -0.2) is 0 Å². The number of amides is 1. The molecule has 0 aliphatic heterocycles. The van der Waals surface area contributed by atoms with E-state index in [1.54, 1.807) is 7.11 Å². The second-order valence-electron chi connectivity index (χ2n) is 4.71. The lowest BCUT2D eigenvalue weighted by atomic mass is 9.73. The quantitative estimate of drug-likeness (QED) is 0.828. The molecule has 1 aliphatic rings. The molecule has 0 unspecified atom stereocenters. The Kier molecular flexibility index (Phi) is 3.07. The maximum Gasteiger partial charge on any atom is 0.243 e. The van der Waals surface area contributed by atoms with Crippen LogP contribution in [0.25, 0.3) is 0 Å². The van der Waals surface area contributed by atoms with Crippen LogP contribution in [-0.2, 0) is 9.53 Å². The van der Waals surface area contributed by atoms with Crippen LogP contribution < -0.4 is 11.1 Å². The van der Waals surface area contributed by atoms with Gasteiger partial charge in [0.15, 0.2) is 0 Å². The van der Waals surface area contributed by atoms with Gasteiger partial charge >= 0.3 is 0 Å². The highest BCUT2D eigenvalue weighted by molar-refractivity contribution is 5.89. The Morgan fingerprint density at radius 1 is 1.53 bits per heavy atom. The van der Waals surface area contributed by atoms with Crippen molar-refractivity contribution < 1.29 is 9.53 Å². The second kappa shape index (κ2) is 4.37. The maximum absolute atomic E-state index is 11.6. The van der Waals surface area contributed by atoms with Crippen LogP contribution in [0.15, 0.2) is 24.3 Å². The zero-order chi connectivity index (χ0) is 12.5. The smallest absolute Gasteiger partial charge is 0.243 e. The number of rotatable bonds is 4. The first-order chi connectivity index (χ1) is 8.05. The molecule has 2 rings (SSSR count). The lowest BCUT2D eigenvalue weighted by molar-refractivity contribution is -0.130. The summed E-state index contributed by atoms with van der Waals surface area (Å²) in [5.41, 5.74) is 6.91. The normalized spacial score (nSPS) is 27.3. The molecule has 0 atom stereocenters. The first kappa shape index (κ1) is 11.9. The molecule has 4 heteroatoms. The number of nitrogens with one attached hydrogen (secondary N) is 1. The van der Waals surface area contributed by atoms with E-state index in [9.17, 15) is 4.79 Å². The largest absolute Gasteiger partial charge is 0.381 e. The standard InChI is InChI=1S/C13H18N2O2/c1-9-4-3-5-10(6-9)15-13(12(14)16)7-11(8-13)17-2/h3-6,11,15H,7-8H2,1-2H3,(H2,14,16). The highest BCUT2D eigenvalue weighted by atomic mass is 16.5. The van der Waals surface area contributed by atoms with E-state index >= 15 is 0 Å². The minimum atomic E-state index is -0.644. The Bertz CT molecular complexity index is 425. The van der Waals surface area contributed by atoms with Crippen LogP contribution in [0.1, 0.15) is 18.4 Å². The van der Waals surface area contributed by atoms with E-state index < -0.39 is 5.54 Å². The van der Waals surface area contributed by atoms with Gasteiger partial charge in [0.05, 0.1) is 6.10 Å². The topological polar surface area (TPSA) is 64.3 Å². The van der Waals surface area contributed by atoms with E-state index in [2.05, 4.69) is 5.32 Å². The molecule has 0 radical (unpaired) electrons. The van der Waals surface area contributed by atoms with Crippen molar-refractivity contribution in [2.75, 3.05) is 12.4 Å². The zero-order valence-electron chi connectivity index (χ0n) is 10.2. The van der Waals surface area contributed by atoms with E-state index in [-0.39, 0.29) is 12.0 Å². The van der Waals surface area contributed by atoms with E-state index in [4.69, 9.17) is 10.5 Å². The third-order valence-electron chi connectivity index (χ3n) is 3.36.